The highest BCUT2D eigenvalue weighted by Crippen LogP contribution is 2.22. The van der Waals surface area contributed by atoms with Crippen molar-refractivity contribution in [2.75, 3.05) is 13.7 Å². The number of nitrogens with zero attached hydrogens (tertiary/aromatic N) is 2. The molecule has 2 heterocycles. The molecule has 0 unspecified atom stereocenters. The van der Waals surface area contributed by atoms with Crippen LogP contribution in [0.1, 0.15) is 5.69 Å². The molecule has 0 saturated carbocycles. The van der Waals surface area contributed by atoms with Gasteiger partial charge in [0.05, 0.1) is 25.0 Å². The monoisotopic (exact) mass is 229 g/mol. The molecule has 1 aromatic heterocycles. The van der Waals surface area contributed by atoms with E-state index in [-0.39, 0.29) is 0 Å². The van der Waals surface area contributed by atoms with Crippen molar-refractivity contribution in [2.45, 2.75) is 13.1 Å². The minimum absolute atomic E-state index is 0.874. The second kappa shape index (κ2) is 4.22. The fourth-order valence-corrected chi connectivity index (χ4v) is 2.10. The van der Waals surface area contributed by atoms with Crippen LogP contribution in [0.2, 0.25) is 0 Å². The van der Waals surface area contributed by atoms with Crippen molar-refractivity contribution in [2.24, 2.45) is 0 Å². The molecule has 4 nitrogen and oxygen atoms in total. The molecule has 0 atom stereocenters. The quantitative estimate of drug-likeness (QED) is 0.851. The molecule has 0 radical (unpaired) electrons. The number of rotatable bonds is 2. The normalized spacial score (nSPS) is 14.4. The SMILES string of the molecule is COc1ccc(-c2cc3n(n2)CCNC3)cc1. The molecule has 2 aromatic rings. The Morgan fingerprint density at radius 3 is 2.82 bits per heavy atom. The van der Waals surface area contributed by atoms with E-state index in [0.29, 0.717) is 0 Å². The summed E-state index contributed by atoms with van der Waals surface area (Å²) in [6, 6.07) is 10.2. The lowest BCUT2D eigenvalue weighted by Gasteiger charge is -2.13. The molecule has 0 amide bonds. The third kappa shape index (κ3) is 1.91. The van der Waals surface area contributed by atoms with Crippen LogP contribution < -0.4 is 10.1 Å². The second-order valence-corrected chi connectivity index (χ2v) is 4.15. The summed E-state index contributed by atoms with van der Waals surface area (Å²) in [4.78, 5) is 0. The topological polar surface area (TPSA) is 39.1 Å². The molecule has 17 heavy (non-hydrogen) atoms. The van der Waals surface area contributed by atoms with E-state index in [9.17, 15) is 0 Å². The molecule has 0 bridgehead atoms. The van der Waals surface area contributed by atoms with Crippen molar-refractivity contribution in [3.05, 3.63) is 36.0 Å². The number of nitrogens with one attached hydrogen (secondary N) is 1. The maximum absolute atomic E-state index is 5.15. The zero-order valence-corrected chi connectivity index (χ0v) is 9.81. The molecule has 0 spiro atoms. The van der Waals surface area contributed by atoms with E-state index in [1.807, 2.05) is 24.3 Å². The Bertz CT molecular complexity index is 492. The standard InChI is InChI=1S/C13H15N3O/c1-17-12-4-2-10(3-5-12)13-8-11-9-14-6-7-16(11)15-13/h2-5,8,14H,6-7,9H2,1H3. The molecule has 1 aromatic carbocycles. The van der Waals surface area contributed by atoms with Crippen LogP contribution in [0.15, 0.2) is 30.3 Å². The molecular formula is C13H15N3O. The lowest BCUT2D eigenvalue weighted by atomic mass is 10.1. The van der Waals surface area contributed by atoms with Crippen molar-refractivity contribution in [3.63, 3.8) is 0 Å². The first-order valence-corrected chi connectivity index (χ1v) is 5.79. The lowest BCUT2D eigenvalue weighted by molar-refractivity contribution is 0.415. The Hall–Kier alpha value is -1.81. The van der Waals surface area contributed by atoms with Gasteiger partial charge in [0.2, 0.25) is 0 Å². The predicted octanol–water partition coefficient (Wildman–Crippen LogP) is 1.66. The fraction of sp³-hybridized carbons (Fsp3) is 0.308. The minimum Gasteiger partial charge on any atom is -0.497 e. The summed E-state index contributed by atoms with van der Waals surface area (Å²) in [5, 5.41) is 7.96. The van der Waals surface area contributed by atoms with Gasteiger partial charge in [0.25, 0.3) is 0 Å². The summed E-state index contributed by atoms with van der Waals surface area (Å²) in [6.07, 6.45) is 0. The molecular weight excluding hydrogens is 214 g/mol. The first kappa shape index (κ1) is 10.4. The predicted molar refractivity (Wildman–Crippen MR) is 65.9 cm³/mol. The van der Waals surface area contributed by atoms with Gasteiger partial charge in [-0.2, -0.15) is 5.10 Å². The Kier molecular flexibility index (Phi) is 2.57. The molecule has 88 valence electrons. The van der Waals surface area contributed by atoms with Gasteiger partial charge in [-0.25, -0.2) is 0 Å². The average Bonchev–Trinajstić information content (AvgIpc) is 2.82. The Morgan fingerprint density at radius 1 is 1.29 bits per heavy atom. The first-order valence-electron chi connectivity index (χ1n) is 5.79. The smallest absolute Gasteiger partial charge is 0.118 e. The molecule has 1 N–H and O–H groups in total. The van der Waals surface area contributed by atoms with Crippen molar-refractivity contribution in [1.82, 2.24) is 15.1 Å². The van der Waals surface area contributed by atoms with Gasteiger partial charge in [-0.05, 0) is 30.3 Å². The van der Waals surface area contributed by atoms with Crippen molar-refractivity contribution in [1.29, 1.82) is 0 Å². The van der Waals surface area contributed by atoms with Crippen LogP contribution in [0, 0.1) is 0 Å². The van der Waals surface area contributed by atoms with Gasteiger partial charge >= 0.3 is 0 Å². The minimum atomic E-state index is 0.874. The number of methoxy groups -OCH3 is 1. The summed E-state index contributed by atoms with van der Waals surface area (Å²) in [5.74, 6) is 0.874. The van der Waals surface area contributed by atoms with Gasteiger partial charge in [0.15, 0.2) is 0 Å². The Balaban J connectivity index is 1.94. The molecule has 0 aliphatic carbocycles. The van der Waals surface area contributed by atoms with Crippen molar-refractivity contribution >= 4 is 0 Å². The highest BCUT2D eigenvalue weighted by molar-refractivity contribution is 5.60. The average molecular weight is 229 g/mol. The zero-order chi connectivity index (χ0) is 11.7. The van der Waals surface area contributed by atoms with E-state index in [2.05, 4.69) is 21.2 Å². The van der Waals surface area contributed by atoms with Gasteiger partial charge < -0.3 is 10.1 Å². The number of benzene rings is 1. The van der Waals surface area contributed by atoms with Crippen LogP contribution in [0.3, 0.4) is 0 Å². The van der Waals surface area contributed by atoms with Gasteiger partial charge in [-0.1, -0.05) is 0 Å². The summed E-state index contributed by atoms with van der Waals surface area (Å²) < 4.78 is 7.23. The maximum Gasteiger partial charge on any atom is 0.118 e. The van der Waals surface area contributed by atoms with Crippen LogP contribution in [0.25, 0.3) is 11.3 Å². The fourth-order valence-electron chi connectivity index (χ4n) is 2.10. The molecule has 4 heteroatoms. The van der Waals surface area contributed by atoms with Crippen LogP contribution in [-0.2, 0) is 13.1 Å². The first-order chi connectivity index (χ1) is 8.36. The maximum atomic E-state index is 5.15. The number of hydrogen-bond donors (Lipinski definition) is 1. The Morgan fingerprint density at radius 2 is 2.12 bits per heavy atom. The summed E-state index contributed by atoms with van der Waals surface area (Å²) in [5.41, 5.74) is 3.42. The van der Waals surface area contributed by atoms with Crippen LogP contribution >= 0.6 is 0 Å². The highest BCUT2D eigenvalue weighted by atomic mass is 16.5. The third-order valence-corrected chi connectivity index (χ3v) is 3.06. The van der Waals surface area contributed by atoms with Gasteiger partial charge in [0.1, 0.15) is 5.75 Å². The number of hydrogen-bond acceptors (Lipinski definition) is 3. The number of ether oxygens (including phenoxy) is 1. The van der Waals surface area contributed by atoms with Crippen LogP contribution in [0.5, 0.6) is 5.75 Å². The largest absolute Gasteiger partial charge is 0.497 e. The number of fused-ring (bicyclic) bond motifs is 1. The van der Waals surface area contributed by atoms with E-state index in [1.54, 1.807) is 7.11 Å². The van der Waals surface area contributed by atoms with E-state index in [4.69, 9.17) is 4.74 Å². The Labute approximate surface area is 100 Å². The van der Waals surface area contributed by atoms with E-state index in [1.165, 1.54) is 5.69 Å². The van der Waals surface area contributed by atoms with Gasteiger partial charge in [-0.15, -0.1) is 0 Å². The number of aromatic nitrogens is 2. The molecule has 3 rings (SSSR count). The van der Waals surface area contributed by atoms with Crippen LogP contribution in [-0.4, -0.2) is 23.4 Å². The highest BCUT2D eigenvalue weighted by Gasteiger charge is 2.12. The van der Waals surface area contributed by atoms with Gasteiger partial charge in [0, 0.05) is 18.7 Å². The molecule has 1 aliphatic heterocycles. The summed E-state index contributed by atoms with van der Waals surface area (Å²) >= 11 is 0. The van der Waals surface area contributed by atoms with Crippen LogP contribution in [0.4, 0.5) is 0 Å². The molecule has 0 fully saturated rings. The molecule has 1 aliphatic rings. The third-order valence-electron chi connectivity index (χ3n) is 3.06. The lowest BCUT2D eigenvalue weighted by Crippen LogP contribution is -2.28. The summed E-state index contributed by atoms with van der Waals surface area (Å²) in [7, 11) is 1.68. The van der Waals surface area contributed by atoms with E-state index in [0.717, 1.165) is 36.6 Å². The van der Waals surface area contributed by atoms with E-state index >= 15 is 0 Å². The van der Waals surface area contributed by atoms with Crippen molar-refractivity contribution < 1.29 is 4.74 Å². The van der Waals surface area contributed by atoms with E-state index < -0.39 is 0 Å². The second-order valence-electron chi connectivity index (χ2n) is 4.15. The molecule has 0 saturated heterocycles. The van der Waals surface area contributed by atoms with Gasteiger partial charge in [-0.3, -0.25) is 4.68 Å². The summed E-state index contributed by atoms with van der Waals surface area (Å²) in [6.45, 7) is 2.85. The zero-order valence-electron chi connectivity index (χ0n) is 9.81. The van der Waals surface area contributed by atoms with Crippen molar-refractivity contribution in [3.8, 4) is 17.0 Å².